The second-order valence-corrected chi connectivity index (χ2v) is 5.49. The van der Waals surface area contributed by atoms with E-state index in [9.17, 15) is 9.59 Å². The molecule has 0 heterocycles. The molecule has 0 aliphatic heterocycles. The molecule has 0 saturated carbocycles. The van der Waals surface area contributed by atoms with Crippen LogP contribution in [0.5, 0.6) is 0 Å². The monoisotopic (exact) mass is 214 g/mol. The zero-order valence-electron chi connectivity index (χ0n) is 10.3. The fourth-order valence-corrected chi connectivity index (χ4v) is 1.37. The Morgan fingerprint density at radius 2 is 1.60 bits per heavy atom. The molecule has 1 atom stereocenters. The van der Waals surface area contributed by atoms with Crippen molar-refractivity contribution in [2.75, 3.05) is 0 Å². The standard InChI is InChI=1S/C12H22O3/c1-8(2)10(13)6-9(7-11(14)15)12(3,4)5/h8-9H,6-7H2,1-5H3,(H,14,15). The zero-order chi connectivity index (χ0) is 12.2. The van der Waals surface area contributed by atoms with E-state index in [1.165, 1.54) is 0 Å². The minimum absolute atomic E-state index is 0.0105. The smallest absolute Gasteiger partial charge is 0.303 e. The largest absolute Gasteiger partial charge is 0.481 e. The number of carboxylic acids is 1. The Balaban J connectivity index is 4.52. The lowest BCUT2D eigenvalue weighted by Gasteiger charge is -2.29. The van der Waals surface area contributed by atoms with Crippen molar-refractivity contribution < 1.29 is 14.7 Å². The first-order valence-corrected chi connectivity index (χ1v) is 5.39. The molecule has 0 rings (SSSR count). The first-order valence-electron chi connectivity index (χ1n) is 5.39. The molecular weight excluding hydrogens is 192 g/mol. The topological polar surface area (TPSA) is 54.4 Å². The van der Waals surface area contributed by atoms with Crippen LogP contribution in [-0.2, 0) is 9.59 Å². The Bertz CT molecular complexity index is 236. The summed E-state index contributed by atoms with van der Waals surface area (Å²) < 4.78 is 0. The molecule has 0 aromatic heterocycles. The third kappa shape index (κ3) is 5.55. The number of carboxylic acid groups (broad SMARTS) is 1. The number of hydrogen-bond donors (Lipinski definition) is 1. The molecule has 0 aliphatic rings. The van der Waals surface area contributed by atoms with Gasteiger partial charge in [-0.15, -0.1) is 0 Å². The highest BCUT2D eigenvalue weighted by molar-refractivity contribution is 5.81. The quantitative estimate of drug-likeness (QED) is 0.765. The second kappa shape index (κ2) is 5.29. The molecule has 0 aliphatic carbocycles. The van der Waals surface area contributed by atoms with Gasteiger partial charge in [-0.1, -0.05) is 34.6 Å². The van der Waals surface area contributed by atoms with Gasteiger partial charge < -0.3 is 5.11 Å². The first kappa shape index (κ1) is 14.1. The molecule has 88 valence electrons. The molecular formula is C12H22O3. The summed E-state index contributed by atoms with van der Waals surface area (Å²) in [5, 5.41) is 8.79. The van der Waals surface area contributed by atoms with Crippen LogP contribution in [-0.4, -0.2) is 16.9 Å². The SMILES string of the molecule is CC(C)C(=O)CC(CC(=O)O)C(C)(C)C. The van der Waals surface area contributed by atoms with Crippen molar-refractivity contribution in [2.45, 2.75) is 47.5 Å². The van der Waals surface area contributed by atoms with Crippen LogP contribution in [0.1, 0.15) is 47.5 Å². The number of carbonyl (C=O) groups is 2. The van der Waals surface area contributed by atoms with Crippen molar-refractivity contribution in [2.24, 2.45) is 17.3 Å². The maximum atomic E-state index is 11.6. The molecule has 15 heavy (non-hydrogen) atoms. The van der Waals surface area contributed by atoms with Crippen LogP contribution < -0.4 is 0 Å². The predicted molar refractivity (Wildman–Crippen MR) is 59.7 cm³/mol. The van der Waals surface area contributed by atoms with Gasteiger partial charge in [0.05, 0.1) is 0 Å². The highest BCUT2D eigenvalue weighted by Gasteiger charge is 2.29. The maximum Gasteiger partial charge on any atom is 0.303 e. The predicted octanol–water partition coefficient (Wildman–Crippen LogP) is 2.74. The van der Waals surface area contributed by atoms with Crippen LogP contribution in [0.2, 0.25) is 0 Å². The minimum atomic E-state index is -0.827. The van der Waals surface area contributed by atoms with E-state index in [-0.39, 0.29) is 29.5 Å². The van der Waals surface area contributed by atoms with Crippen LogP contribution in [0.3, 0.4) is 0 Å². The summed E-state index contributed by atoms with van der Waals surface area (Å²) in [4.78, 5) is 22.3. The van der Waals surface area contributed by atoms with Gasteiger partial charge in [-0.3, -0.25) is 9.59 Å². The summed E-state index contributed by atoms with van der Waals surface area (Å²) in [6.45, 7) is 9.64. The van der Waals surface area contributed by atoms with Crippen LogP contribution in [0.4, 0.5) is 0 Å². The van der Waals surface area contributed by atoms with Crippen molar-refractivity contribution in [3.63, 3.8) is 0 Å². The van der Waals surface area contributed by atoms with Crippen molar-refractivity contribution >= 4 is 11.8 Å². The third-order valence-corrected chi connectivity index (χ3v) is 2.74. The summed E-state index contributed by atoms with van der Waals surface area (Å²) in [5.74, 6) is -0.767. The Hall–Kier alpha value is -0.860. The lowest BCUT2D eigenvalue weighted by Crippen LogP contribution is -2.27. The lowest BCUT2D eigenvalue weighted by molar-refractivity contribution is -0.139. The van der Waals surface area contributed by atoms with Gasteiger partial charge in [0.15, 0.2) is 0 Å². The molecule has 0 bridgehead atoms. The van der Waals surface area contributed by atoms with Gasteiger partial charge in [0.25, 0.3) is 0 Å². The van der Waals surface area contributed by atoms with E-state index in [0.29, 0.717) is 6.42 Å². The van der Waals surface area contributed by atoms with Crippen molar-refractivity contribution in [3.05, 3.63) is 0 Å². The van der Waals surface area contributed by atoms with Crippen LogP contribution in [0.25, 0.3) is 0 Å². The van der Waals surface area contributed by atoms with Crippen LogP contribution in [0.15, 0.2) is 0 Å². The van der Waals surface area contributed by atoms with Crippen molar-refractivity contribution in [1.29, 1.82) is 0 Å². The lowest BCUT2D eigenvalue weighted by atomic mass is 9.75. The van der Waals surface area contributed by atoms with Gasteiger partial charge in [-0.2, -0.15) is 0 Å². The van der Waals surface area contributed by atoms with E-state index in [1.54, 1.807) is 0 Å². The summed E-state index contributed by atoms with van der Waals surface area (Å²) in [5.41, 5.74) is -0.136. The molecule has 0 amide bonds. The van der Waals surface area contributed by atoms with Gasteiger partial charge >= 0.3 is 5.97 Å². The number of aliphatic carboxylic acids is 1. The van der Waals surface area contributed by atoms with Gasteiger partial charge in [0.2, 0.25) is 0 Å². The fraction of sp³-hybridized carbons (Fsp3) is 0.833. The van der Waals surface area contributed by atoms with Crippen LogP contribution >= 0.6 is 0 Å². The molecule has 0 aromatic carbocycles. The molecule has 3 heteroatoms. The maximum absolute atomic E-state index is 11.6. The molecule has 1 N–H and O–H groups in total. The summed E-state index contributed by atoms with van der Waals surface area (Å²) >= 11 is 0. The number of rotatable bonds is 5. The van der Waals surface area contributed by atoms with E-state index in [2.05, 4.69) is 0 Å². The number of carbonyl (C=O) groups excluding carboxylic acids is 1. The van der Waals surface area contributed by atoms with Gasteiger partial charge in [0.1, 0.15) is 5.78 Å². The van der Waals surface area contributed by atoms with Gasteiger partial charge in [-0.25, -0.2) is 0 Å². The summed E-state index contributed by atoms with van der Waals surface area (Å²) in [6.07, 6.45) is 0.440. The molecule has 0 radical (unpaired) electrons. The van der Waals surface area contributed by atoms with Gasteiger partial charge in [-0.05, 0) is 11.3 Å². The van der Waals surface area contributed by atoms with Gasteiger partial charge in [0, 0.05) is 18.8 Å². The Labute approximate surface area is 91.9 Å². The number of ketones is 1. The molecule has 3 nitrogen and oxygen atoms in total. The number of hydrogen-bond acceptors (Lipinski definition) is 2. The highest BCUT2D eigenvalue weighted by atomic mass is 16.4. The molecule has 0 fully saturated rings. The average Bonchev–Trinajstić information content (AvgIpc) is 2.00. The molecule has 1 unspecified atom stereocenters. The summed E-state index contributed by atoms with van der Waals surface area (Å²) in [6, 6.07) is 0. The highest BCUT2D eigenvalue weighted by Crippen LogP contribution is 2.32. The van der Waals surface area contributed by atoms with Crippen molar-refractivity contribution in [3.8, 4) is 0 Å². The second-order valence-electron chi connectivity index (χ2n) is 5.49. The molecule has 0 saturated heterocycles. The molecule has 0 aromatic rings. The van der Waals surface area contributed by atoms with E-state index in [0.717, 1.165) is 0 Å². The van der Waals surface area contributed by atoms with E-state index in [1.807, 2.05) is 34.6 Å². The normalized spacial score (nSPS) is 14.0. The third-order valence-electron chi connectivity index (χ3n) is 2.74. The fourth-order valence-electron chi connectivity index (χ4n) is 1.37. The molecule has 0 spiro atoms. The van der Waals surface area contributed by atoms with Crippen molar-refractivity contribution in [1.82, 2.24) is 0 Å². The average molecular weight is 214 g/mol. The van der Waals surface area contributed by atoms with E-state index >= 15 is 0 Å². The Morgan fingerprint density at radius 1 is 1.13 bits per heavy atom. The first-order chi connectivity index (χ1) is 6.64. The number of Topliss-reactive ketones (excluding diaryl/α,β-unsaturated/α-hetero) is 1. The van der Waals surface area contributed by atoms with Crippen LogP contribution in [0, 0.1) is 17.3 Å². The Morgan fingerprint density at radius 3 is 1.87 bits per heavy atom. The Kier molecular flexibility index (Phi) is 4.98. The van der Waals surface area contributed by atoms with E-state index in [4.69, 9.17) is 5.11 Å². The minimum Gasteiger partial charge on any atom is -0.481 e. The zero-order valence-corrected chi connectivity index (χ0v) is 10.3. The summed E-state index contributed by atoms with van der Waals surface area (Å²) in [7, 11) is 0. The van der Waals surface area contributed by atoms with E-state index < -0.39 is 5.97 Å².